The van der Waals surface area contributed by atoms with Crippen LogP contribution in [0.1, 0.15) is 19.3 Å². The van der Waals surface area contributed by atoms with Crippen LogP contribution in [-0.2, 0) is 18.6 Å². The molecule has 0 spiro atoms. The summed E-state index contributed by atoms with van der Waals surface area (Å²) in [6.45, 7) is 4.61. The average molecular weight is 236 g/mol. The molecular weight excluding hydrogens is 212 g/mol. The summed E-state index contributed by atoms with van der Waals surface area (Å²) in [5.41, 5.74) is 0. The minimum absolute atomic E-state index is 0.668. The molecule has 0 saturated heterocycles. The van der Waals surface area contributed by atoms with E-state index in [1.807, 2.05) is 0 Å². The van der Waals surface area contributed by atoms with Crippen LogP contribution in [0.2, 0.25) is 0 Å². The van der Waals surface area contributed by atoms with Crippen LogP contribution in [0.15, 0.2) is 0 Å². The SMILES string of the molecule is COCCOCCCOCCCCO[SiH3]. The van der Waals surface area contributed by atoms with Crippen molar-refractivity contribution in [1.29, 1.82) is 0 Å². The summed E-state index contributed by atoms with van der Waals surface area (Å²) in [5.74, 6) is 0. The first-order valence-corrected chi connectivity index (χ1v) is 6.37. The zero-order valence-electron chi connectivity index (χ0n) is 10.00. The van der Waals surface area contributed by atoms with Crippen molar-refractivity contribution in [1.82, 2.24) is 0 Å². The molecule has 0 atom stereocenters. The topological polar surface area (TPSA) is 36.9 Å². The van der Waals surface area contributed by atoms with Crippen molar-refractivity contribution < 1.29 is 18.6 Å². The van der Waals surface area contributed by atoms with Gasteiger partial charge in [-0.05, 0) is 19.3 Å². The number of rotatable bonds is 12. The Morgan fingerprint density at radius 3 is 2.00 bits per heavy atom. The third kappa shape index (κ3) is 14.1. The highest BCUT2D eigenvalue weighted by molar-refractivity contribution is 5.97. The van der Waals surface area contributed by atoms with Crippen LogP contribution in [0.4, 0.5) is 0 Å². The van der Waals surface area contributed by atoms with E-state index in [4.69, 9.17) is 18.6 Å². The highest BCUT2D eigenvalue weighted by Crippen LogP contribution is 1.92. The zero-order valence-corrected chi connectivity index (χ0v) is 12.0. The number of unbranched alkanes of at least 4 members (excludes halogenated alkanes) is 1. The third-order valence-electron chi connectivity index (χ3n) is 1.90. The molecule has 0 N–H and O–H groups in total. The maximum absolute atomic E-state index is 5.43. The Morgan fingerprint density at radius 1 is 0.733 bits per heavy atom. The van der Waals surface area contributed by atoms with Gasteiger partial charge in [0.15, 0.2) is 0 Å². The molecule has 0 heterocycles. The van der Waals surface area contributed by atoms with E-state index in [1.165, 1.54) is 0 Å². The fourth-order valence-corrected chi connectivity index (χ4v) is 1.35. The minimum atomic E-state index is 0.668. The summed E-state index contributed by atoms with van der Waals surface area (Å²) in [4.78, 5) is 0. The maximum atomic E-state index is 5.43. The van der Waals surface area contributed by atoms with Gasteiger partial charge in [0.2, 0.25) is 0 Å². The monoisotopic (exact) mass is 236 g/mol. The molecule has 0 unspecified atom stereocenters. The molecule has 0 aliphatic rings. The molecule has 0 aliphatic carbocycles. The Hall–Kier alpha value is 0.0569. The average Bonchev–Trinajstić information content (AvgIpc) is 2.26. The first-order chi connectivity index (χ1) is 7.41. The Bertz CT molecular complexity index is 102. The van der Waals surface area contributed by atoms with E-state index in [0.29, 0.717) is 13.2 Å². The highest BCUT2D eigenvalue weighted by atomic mass is 28.2. The third-order valence-corrected chi connectivity index (χ3v) is 2.30. The maximum Gasteiger partial charge on any atom is 0.145 e. The van der Waals surface area contributed by atoms with Crippen molar-refractivity contribution in [3.63, 3.8) is 0 Å². The largest absolute Gasteiger partial charge is 0.428 e. The van der Waals surface area contributed by atoms with Gasteiger partial charge in [-0.15, -0.1) is 0 Å². The van der Waals surface area contributed by atoms with Crippen LogP contribution in [-0.4, -0.2) is 57.2 Å². The number of hydrogen-bond acceptors (Lipinski definition) is 4. The fraction of sp³-hybridized carbons (Fsp3) is 1.00. The molecule has 0 rings (SSSR count). The smallest absolute Gasteiger partial charge is 0.145 e. The van der Waals surface area contributed by atoms with Crippen molar-refractivity contribution in [2.45, 2.75) is 19.3 Å². The minimum Gasteiger partial charge on any atom is -0.428 e. The number of ether oxygens (including phenoxy) is 3. The summed E-state index contributed by atoms with van der Waals surface area (Å²) >= 11 is 0. The van der Waals surface area contributed by atoms with Crippen molar-refractivity contribution in [2.24, 2.45) is 0 Å². The van der Waals surface area contributed by atoms with Crippen molar-refractivity contribution in [3.8, 4) is 0 Å². The molecule has 0 amide bonds. The van der Waals surface area contributed by atoms with Crippen LogP contribution in [0.3, 0.4) is 0 Å². The Morgan fingerprint density at radius 2 is 1.33 bits per heavy atom. The van der Waals surface area contributed by atoms with E-state index in [1.54, 1.807) is 7.11 Å². The van der Waals surface area contributed by atoms with E-state index in [2.05, 4.69) is 0 Å². The van der Waals surface area contributed by atoms with E-state index in [-0.39, 0.29) is 0 Å². The van der Waals surface area contributed by atoms with E-state index in [9.17, 15) is 0 Å². The normalized spacial score (nSPS) is 11.0. The molecule has 0 fully saturated rings. The predicted octanol–water partition coefficient (Wildman–Crippen LogP) is 0.133. The zero-order chi connectivity index (χ0) is 11.2. The lowest BCUT2D eigenvalue weighted by Crippen LogP contribution is -2.06. The molecule has 0 radical (unpaired) electrons. The van der Waals surface area contributed by atoms with Gasteiger partial charge >= 0.3 is 0 Å². The lowest BCUT2D eigenvalue weighted by Gasteiger charge is -2.05. The Labute approximate surface area is 95.8 Å². The van der Waals surface area contributed by atoms with E-state index >= 15 is 0 Å². The fourth-order valence-electron chi connectivity index (χ4n) is 1.06. The molecule has 0 aliphatic heterocycles. The van der Waals surface area contributed by atoms with Crippen molar-refractivity contribution >= 4 is 10.5 Å². The first-order valence-electron chi connectivity index (χ1n) is 5.55. The van der Waals surface area contributed by atoms with Gasteiger partial charge in [-0.25, -0.2) is 0 Å². The first kappa shape index (κ1) is 15.1. The van der Waals surface area contributed by atoms with E-state index in [0.717, 1.165) is 56.2 Å². The van der Waals surface area contributed by atoms with Crippen LogP contribution >= 0.6 is 0 Å². The predicted molar refractivity (Wildman–Crippen MR) is 63.3 cm³/mol. The molecule has 0 saturated carbocycles. The van der Waals surface area contributed by atoms with Gasteiger partial charge in [-0.3, -0.25) is 0 Å². The van der Waals surface area contributed by atoms with Gasteiger partial charge in [-0.2, -0.15) is 0 Å². The number of methoxy groups -OCH3 is 1. The highest BCUT2D eigenvalue weighted by Gasteiger charge is 1.91. The van der Waals surface area contributed by atoms with Gasteiger partial charge in [0.05, 0.1) is 13.2 Å². The van der Waals surface area contributed by atoms with Gasteiger partial charge in [0.25, 0.3) is 0 Å². The molecule has 0 bridgehead atoms. The summed E-state index contributed by atoms with van der Waals surface area (Å²) < 4.78 is 20.7. The molecule has 92 valence electrons. The Balaban J connectivity index is 2.81. The molecule has 4 nitrogen and oxygen atoms in total. The van der Waals surface area contributed by atoms with Crippen molar-refractivity contribution in [2.75, 3.05) is 46.8 Å². The van der Waals surface area contributed by atoms with Crippen molar-refractivity contribution in [3.05, 3.63) is 0 Å². The van der Waals surface area contributed by atoms with Crippen LogP contribution < -0.4 is 0 Å². The second kappa shape index (κ2) is 14.1. The second-order valence-electron chi connectivity index (χ2n) is 3.27. The second-order valence-corrected chi connectivity index (χ2v) is 3.85. The Kier molecular flexibility index (Phi) is 14.1. The number of hydrogen-bond donors (Lipinski definition) is 0. The summed E-state index contributed by atoms with van der Waals surface area (Å²) in [5, 5.41) is 0. The lowest BCUT2D eigenvalue weighted by molar-refractivity contribution is 0.0505. The van der Waals surface area contributed by atoms with Gasteiger partial charge < -0.3 is 18.6 Å². The van der Waals surface area contributed by atoms with Gasteiger partial charge in [0, 0.05) is 33.5 Å². The standard InChI is InChI=1S/C10H24O4Si/c1-11-9-10-13-7-4-6-12-5-2-3-8-14-15/h2-10H2,1,15H3. The summed E-state index contributed by atoms with van der Waals surface area (Å²) in [7, 11) is 2.52. The molecule has 0 aromatic heterocycles. The van der Waals surface area contributed by atoms with Crippen LogP contribution in [0, 0.1) is 0 Å². The molecular formula is C10H24O4Si. The molecule has 0 aromatic rings. The molecule has 5 heteroatoms. The van der Waals surface area contributed by atoms with Gasteiger partial charge in [0.1, 0.15) is 10.5 Å². The summed E-state index contributed by atoms with van der Waals surface area (Å²) in [6, 6.07) is 0. The van der Waals surface area contributed by atoms with Crippen LogP contribution in [0.25, 0.3) is 0 Å². The van der Waals surface area contributed by atoms with Crippen LogP contribution in [0.5, 0.6) is 0 Å². The molecule has 0 aromatic carbocycles. The van der Waals surface area contributed by atoms with E-state index < -0.39 is 0 Å². The summed E-state index contributed by atoms with van der Waals surface area (Å²) in [6.07, 6.45) is 3.15. The van der Waals surface area contributed by atoms with Gasteiger partial charge in [-0.1, -0.05) is 0 Å². The molecule has 15 heavy (non-hydrogen) atoms. The quantitative estimate of drug-likeness (QED) is 0.357. The lowest BCUT2D eigenvalue weighted by atomic mass is 10.3.